The quantitative estimate of drug-likeness (QED) is 0.674. The van der Waals surface area contributed by atoms with E-state index in [0.29, 0.717) is 31.0 Å². The molecule has 1 atom stereocenters. The highest BCUT2D eigenvalue weighted by molar-refractivity contribution is 7.89. The number of sulfonamides is 1. The summed E-state index contributed by atoms with van der Waals surface area (Å²) >= 11 is 5.89. The number of rotatable bonds is 7. The molecule has 0 aliphatic carbocycles. The number of aryl methyl sites for hydroxylation is 2. The van der Waals surface area contributed by atoms with Crippen LogP contribution in [-0.2, 0) is 21.2 Å². The normalized spacial score (nSPS) is 17.8. The Morgan fingerprint density at radius 1 is 1.14 bits per heavy atom. The fourth-order valence-electron chi connectivity index (χ4n) is 3.53. The molecule has 1 aliphatic rings. The summed E-state index contributed by atoms with van der Waals surface area (Å²) < 4.78 is 27.2. The Labute approximate surface area is 178 Å². The lowest BCUT2D eigenvalue weighted by Gasteiger charge is -2.31. The lowest BCUT2D eigenvalue weighted by Crippen LogP contribution is -2.45. The van der Waals surface area contributed by atoms with Crippen LogP contribution in [0.5, 0.6) is 0 Å². The number of nitrogens with zero attached hydrogens (tertiary/aromatic N) is 1. The summed E-state index contributed by atoms with van der Waals surface area (Å²) in [4.78, 5) is 12.8. The van der Waals surface area contributed by atoms with Gasteiger partial charge in [-0.25, -0.2) is 8.42 Å². The van der Waals surface area contributed by atoms with Crippen LogP contribution in [0.1, 0.15) is 30.4 Å². The van der Waals surface area contributed by atoms with Crippen molar-refractivity contribution in [3.63, 3.8) is 0 Å². The van der Waals surface area contributed by atoms with Crippen molar-refractivity contribution in [1.29, 1.82) is 0 Å². The number of nitrogens with one attached hydrogen (secondary N) is 1. The van der Waals surface area contributed by atoms with Gasteiger partial charge < -0.3 is 5.32 Å². The van der Waals surface area contributed by atoms with Crippen molar-refractivity contribution in [2.45, 2.75) is 37.5 Å². The smallest absolute Gasteiger partial charge is 0.243 e. The highest BCUT2D eigenvalue weighted by Crippen LogP contribution is 2.24. The average Bonchev–Trinajstić information content (AvgIpc) is 2.73. The second-order valence-corrected chi connectivity index (χ2v) is 9.91. The summed E-state index contributed by atoms with van der Waals surface area (Å²) in [5.41, 5.74) is 2.19. The number of hydrogen-bond donors (Lipinski definition) is 1. The van der Waals surface area contributed by atoms with Crippen LogP contribution in [0.25, 0.3) is 0 Å². The number of amides is 1. The van der Waals surface area contributed by atoms with Gasteiger partial charge >= 0.3 is 0 Å². The summed E-state index contributed by atoms with van der Waals surface area (Å²) in [6.07, 6.45) is 3.08. The Hall–Kier alpha value is -1.89. The van der Waals surface area contributed by atoms with Gasteiger partial charge in [-0.05, 0) is 62.4 Å². The first-order valence-corrected chi connectivity index (χ1v) is 11.8. The van der Waals surface area contributed by atoms with Gasteiger partial charge in [0, 0.05) is 24.7 Å². The zero-order valence-corrected chi connectivity index (χ0v) is 18.2. The van der Waals surface area contributed by atoms with Gasteiger partial charge in [0.15, 0.2) is 0 Å². The Morgan fingerprint density at radius 3 is 2.52 bits per heavy atom. The molecule has 0 spiro atoms. The van der Waals surface area contributed by atoms with Gasteiger partial charge in [0.05, 0.1) is 10.8 Å². The predicted octanol–water partition coefficient (Wildman–Crippen LogP) is 3.80. The SMILES string of the molecule is Cc1ccc(S(=O)(=O)N2CCC[C@@H](C(=O)NCCCc3ccc(Cl)cc3)C2)cc1. The maximum Gasteiger partial charge on any atom is 0.243 e. The van der Waals surface area contributed by atoms with Crippen molar-refractivity contribution >= 4 is 27.5 Å². The van der Waals surface area contributed by atoms with E-state index in [2.05, 4.69) is 5.32 Å². The van der Waals surface area contributed by atoms with Crippen LogP contribution in [0.2, 0.25) is 5.02 Å². The van der Waals surface area contributed by atoms with Gasteiger partial charge in [0.2, 0.25) is 15.9 Å². The first-order chi connectivity index (χ1) is 13.9. The molecule has 1 heterocycles. The molecular weight excluding hydrogens is 408 g/mol. The molecule has 0 radical (unpaired) electrons. The summed E-state index contributed by atoms with van der Waals surface area (Å²) in [6.45, 7) is 3.18. The average molecular weight is 435 g/mol. The lowest BCUT2D eigenvalue weighted by atomic mass is 9.99. The predicted molar refractivity (Wildman–Crippen MR) is 115 cm³/mol. The first kappa shape index (κ1) is 21.8. The number of hydrogen-bond acceptors (Lipinski definition) is 3. The van der Waals surface area contributed by atoms with E-state index in [1.807, 2.05) is 31.2 Å². The van der Waals surface area contributed by atoms with Crippen LogP contribution < -0.4 is 5.32 Å². The van der Waals surface area contributed by atoms with Crippen LogP contribution in [0.4, 0.5) is 0 Å². The molecule has 2 aromatic rings. The second kappa shape index (κ2) is 9.74. The van der Waals surface area contributed by atoms with Crippen molar-refractivity contribution < 1.29 is 13.2 Å². The van der Waals surface area contributed by atoms with E-state index in [-0.39, 0.29) is 23.3 Å². The van der Waals surface area contributed by atoms with Crippen LogP contribution in [0.15, 0.2) is 53.4 Å². The van der Waals surface area contributed by atoms with Crippen LogP contribution in [0, 0.1) is 12.8 Å². The lowest BCUT2D eigenvalue weighted by molar-refractivity contribution is -0.126. The summed E-state index contributed by atoms with van der Waals surface area (Å²) in [6, 6.07) is 14.5. The van der Waals surface area contributed by atoms with Crippen molar-refractivity contribution in [1.82, 2.24) is 9.62 Å². The molecule has 156 valence electrons. The molecule has 2 aromatic carbocycles. The Balaban J connectivity index is 1.51. The van der Waals surface area contributed by atoms with E-state index < -0.39 is 10.0 Å². The van der Waals surface area contributed by atoms with Gasteiger partial charge in [-0.2, -0.15) is 4.31 Å². The Bertz CT molecular complexity index is 928. The minimum atomic E-state index is -3.57. The van der Waals surface area contributed by atoms with Crippen molar-refractivity contribution in [2.75, 3.05) is 19.6 Å². The van der Waals surface area contributed by atoms with E-state index in [4.69, 9.17) is 11.6 Å². The van der Waals surface area contributed by atoms with Crippen molar-refractivity contribution in [3.8, 4) is 0 Å². The topological polar surface area (TPSA) is 66.5 Å². The third-order valence-corrected chi connectivity index (χ3v) is 7.40. The second-order valence-electron chi connectivity index (χ2n) is 7.54. The number of halogens is 1. The van der Waals surface area contributed by atoms with E-state index in [1.54, 1.807) is 24.3 Å². The molecule has 0 saturated carbocycles. The highest BCUT2D eigenvalue weighted by Gasteiger charge is 2.33. The molecule has 0 aromatic heterocycles. The zero-order valence-electron chi connectivity index (χ0n) is 16.6. The molecule has 7 heteroatoms. The van der Waals surface area contributed by atoms with Crippen LogP contribution in [-0.4, -0.2) is 38.3 Å². The molecule has 1 N–H and O–H groups in total. The first-order valence-electron chi connectivity index (χ1n) is 9.95. The minimum absolute atomic E-state index is 0.0649. The van der Waals surface area contributed by atoms with Crippen molar-refractivity contribution in [2.24, 2.45) is 5.92 Å². The maximum absolute atomic E-state index is 12.9. The number of benzene rings is 2. The van der Waals surface area contributed by atoms with E-state index in [1.165, 1.54) is 9.87 Å². The molecule has 0 bridgehead atoms. The maximum atomic E-state index is 12.9. The van der Waals surface area contributed by atoms with E-state index in [9.17, 15) is 13.2 Å². The third-order valence-electron chi connectivity index (χ3n) is 5.27. The van der Waals surface area contributed by atoms with Gasteiger partial charge in [-0.1, -0.05) is 41.4 Å². The highest BCUT2D eigenvalue weighted by atomic mass is 35.5. The van der Waals surface area contributed by atoms with Crippen LogP contribution in [0.3, 0.4) is 0 Å². The molecular formula is C22H27ClN2O3S. The molecule has 1 amide bonds. The Kier molecular flexibility index (Phi) is 7.33. The summed E-state index contributed by atoms with van der Waals surface area (Å²) in [5.74, 6) is -0.371. The molecule has 1 aliphatic heterocycles. The molecule has 3 rings (SSSR count). The minimum Gasteiger partial charge on any atom is -0.356 e. The zero-order chi connectivity index (χ0) is 20.9. The largest absolute Gasteiger partial charge is 0.356 e. The molecule has 1 fully saturated rings. The summed E-state index contributed by atoms with van der Waals surface area (Å²) in [7, 11) is -3.57. The Morgan fingerprint density at radius 2 is 1.83 bits per heavy atom. The van der Waals surface area contributed by atoms with Crippen molar-refractivity contribution in [3.05, 3.63) is 64.7 Å². The van der Waals surface area contributed by atoms with Gasteiger partial charge in [-0.15, -0.1) is 0 Å². The number of carbonyl (C=O) groups is 1. The standard InChI is InChI=1S/C22H27ClN2O3S/c1-17-6-12-21(13-7-17)29(27,28)25-15-3-5-19(16-25)22(26)24-14-2-4-18-8-10-20(23)11-9-18/h6-13,19H,2-5,14-16H2,1H3,(H,24,26)/t19-/m1/s1. The van der Waals surface area contributed by atoms with E-state index in [0.717, 1.165) is 18.4 Å². The van der Waals surface area contributed by atoms with Crippen LogP contribution >= 0.6 is 11.6 Å². The fraction of sp³-hybridized carbons (Fsp3) is 0.409. The monoisotopic (exact) mass is 434 g/mol. The number of piperidine rings is 1. The molecule has 0 unspecified atom stereocenters. The van der Waals surface area contributed by atoms with E-state index >= 15 is 0 Å². The van der Waals surface area contributed by atoms with Gasteiger partial charge in [-0.3, -0.25) is 4.79 Å². The third kappa shape index (κ3) is 5.81. The molecule has 1 saturated heterocycles. The van der Waals surface area contributed by atoms with Gasteiger partial charge in [0.1, 0.15) is 0 Å². The fourth-order valence-corrected chi connectivity index (χ4v) is 5.18. The number of carbonyl (C=O) groups excluding carboxylic acids is 1. The summed E-state index contributed by atoms with van der Waals surface area (Å²) in [5, 5.41) is 3.68. The molecule has 5 nitrogen and oxygen atoms in total. The molecule has 29 heavy (non-hydrogen) atoms. The van der Waals surface area contributed by atoms with Gasteiger partial charge in [0.25, 0.3) is 0 Å².